The summed E-state index contributed by atoms with van der Waals surface area (Å²) in [7, 11) is 0. The van der Waals surface area contributed by atoms with Crippen LogP contribution in [0.4, 0.5) is 0 Å². The summed E-state index contributed by atoms with van der Waals surface area (Å²) in [5.41, 5.74) is 6.62. The summed E-state index contributed by atoms with van der Waals surface area (Å²) in [5, 5.41) is 9.68. The zero-order valence-corrected chi connectivity index (χ0v) is 21.0. The molecule has 4 heterocycles. The van der Waals surface area contributed by atoms with E-state index in [0.717, 1.165) is 39.2 Å². The lowest BCUT2D eigenvalue weighted by atomic mass is 9.94. The molecule has 0 bridgehead atoms. The Hall–Kier alpha value is -5.16. The molecule has 3 aliphatic rings. The van der Waals surface area contributed by atoms with Crippen molar-refractivity contribution < 1.29 is 0 Å². The SMILES string of the molecule is C1=NC(c2cc(C3=CC=C4C=c5ccccc5=CC4N3)nc(-c3ccc4cc5ccccc5cc4n3)c2)N=C1. The molecule has 39 heavy (non-hydrogen) atoms. The van der Waals surface area contributed by atoms with E-state index in [-0.39, 0.29) is 12.2 Å². The molecule has 0 amide bonds. The summed E-state index contributed by atoms with van der Waals surface area (Å²) < 4.78 is 0. The van der Waals surface area contributed by atoms with Gasteiger partial charge in [-0.3, -0.25) is 9.98 Å². The number of rotatable bonds is 3. The number of hydrogen-bond donors (Lipinski definition) is 1. The Labute approximate surface area is 225 Å². The van der Waals surface area contributed by atoms with Crippen LogP contribution in [0.2, 0.25) is 0 Å². The highest BCUT2D eigenvalue weighted by Crippen LogP contribution is 2.31. The third kappa shape index (κ3) is 3.87. The molecule has 2 aromatic heterocycles. The molecule has 5 nitrogen and oxygen atoms in total. The van der Waals surface area contributed by atoms with Crippen molar-refractivity contribution in [2.45, 2.75) is 12.2 Å². The van der Waals surface area contributed by atoms with Gasteiger partial charge in [0, 0.05) is 23.4 Å². The fourth-order valence-electron chi connectivity index (χ4n) is 5.55. The summed E-state index contributed by atoms with van der Waals surface area (Å²) in [5.74, 6) is 0. The number of aromatic nitrogens is 2. The van der Waals surface area contributed by atoms with Crippen molar-refractivity contribution in [1.82, 2.24) is 15.3 Å². The van der Waals surface area contributed by atoms with E-state index in [4.69, 9.17) is 9.97 Å². The monoisotopic (exact) mass is 501 g/mol. The van der Waals surface area contributed by atoms with Gasteiger partial charge in [-0.15, -0.1) is 0 Å². The molecule has 0 radical (unpaired) electrons. The van der Waals surface area contributed by atoms with E-state index in [9.17, 15) is 0 Å². The molecule has 5 aromatic rings. The van der Waals surface area contributed by atoms with Gasteiger partial charge in [0.05, 0.1) is 34.3 Å². The molecule has 3 aromatic carbocycles. The minimum absolute atomic E-state index is 0.0865. The van der Waals surface area contributed by atoms with Gasteiger partial charge in [-0.05, 0) is 69.3 Å². The summed E-state index contributed by atoms with van der Waals surface area (Å²) in [6.07, 6.45) is 12.1. The van der Waals surface area contributed by atoms with Gasteiger partial charge in [-0.2, -0.15) is 0 Å². The smallest absolute Gasteiger partial charge is 0.165 e. The molecule has 0 spiro atoms. The fraction of sp³-hybridized carbons (Fsp3) is 0.0588. The van der Waals surface area contributed by atoms with Crippen molar-refractivity contribution in [3.05, 3.63) is 124 Å². The minimum Gasteiger partial charge on any atom is -0.373 e. The van der Waals surface area contributed by atoms with Crippen LogP contribution in [0.1, 0.15) is 17.4 Å². The van der Waals surface area contributed by atoms with E-state index >= 15 is 0 Å². The van der Waals surface area contributed by atoms with Crippen molar-refractivity contribution in [2.24, 2.45) is 9.98 Å². The third-order valence-corrected chi connectivity index (χ3v) is 7.54. The van der Waals surface area contributed by atoms with Crippen LogP contribution in [-0.2, 0) is 0 Å². The zero-order valence-electron chi connectivity index (χ0n) is 21.0. The molecule has 1 atom stereocenters. The molecule has 0 saturated carbocycles. The lowest BCUT2D eigenvalue weighted by Gasteiger charge is -2.26. The largest absolute Gasteiger partial charge is 0.373 e. The number of nitrogens with one attached hydrogen (secondary N) is 1. The first-order chi connectivity index (χ1) is 19.3. The predicted molar refractivity (Wildman–Crippen MR) is 160 cm³/mol. The number of allylic oxidation sites excluding steroid dienone is 2. The topological polar surface area (TPSA) is 62.5 Å². The van der Waals surface area contributed by atoms with Crippen molar-refractivity contribution in [2.75, 3.05) is 0 Å². The number of pyridine rings is 2. The first-order valence-electron chi connectivity index (χ1n) is 13.1. The Kier molecular flexibility index (Phi) is 4.88. The average molecular weight is 502 g/mol. The second kappa shape index (κ2) is 8.71. The Morgan fingerprint density at radius 2 is 1.38 bits per heavy atom. The maximum atomic E-state index is 5.10. The van der Waals surface area contributed by atoms with Gasteiger partial charge < -0.3 is 5.32 Å². The molecule has 1 aliphatic carbocycles. The summed E-state index contributed by atoms with van der Waals surface area (Å²) in [6, 6.07) is 29.6. The number of hydrogen-bond acceptors (Lipinski definition) is 5. The van der Waals surface area contributed by atoms with E-state index in [2.05, 4.69) is 125 Å². The molecule has 5 heteroatoms. The number of aliphatic imine (C=N–C) groups is 2. The van der Waals surface area contributed by atoms with Crippen molar-refractivity contribution in [1.29, 1.82) is 0 Å². The van der Waals surface area contributed by atoms with Crippen LogP contribution in [0.25, 0.3) is 50.9 Å². The van der Waals surface area contributed by atoms with Gasteiger partial charge in [0.2, 0.25) is 0 Å². The molecule has 1 N–H and O–H groups in total. The van der Waals surface area contributed by atoms with Crippen molar-refractivity contribution >= 4 is 52.0 Å². The number of nitrogens with zero attached hydrogens (tertiary/aromatic N) is 4. The van der Waals surface area contributed by atoms with Crippen molar-refractivity contribution in [3.63, 3.8) is 0 Å². The molecule has 8 rings (SSSR count). The van der Waals surface area contributed by atoms with E-state index < -0.39 is 0 Å². The summed E-state index contributed by atoms with van der Waals surface area (Å²) in [4.78, 5) is 19.2. The van der Waals surface area contributed by atoms with Crippen LogP contribution < -0.4 is 15.8 Å². The van der Waals surface area contributed by atoms with Gasteiger partial charge >= 0.3 is 0 Å². The zero-order chi connectivity index (χ0) is 25.8. The van der Waals surface area contributed by atoms with Gasteiger partial charge in [-0.25, -0.2) is 9.97 Å². The lowest BCUT2D eigenvalue weighted by Crippen LogP contribution is -2.39. The van der Waals surface area contributed by atoms with Gasteiger partial charge in [0.1, 0.15) is 0 Å². The van der Waals surface area contributed by atoms with Gasteiger partial charge in [-0.1, -0.05) is 66.7 Å². The molecule has 1 unspecified atom stereocenters. The summed E-state index contributed by atoms with van der Waals surface area (Å²) >= 11 is 0. The van der Waals surface area contributed by atoms with Crippen LogP contribution in [0.15, 0.2) is 113 Å². The quantitative estimate of drug-likeness (QED) is 0.349. The summed E-state index contributed by atoms with van der Waals surface area (Å²) in [6.45, 7) is 0. The van der Waals surface area contributed by atoms with Crippen molar-refractivity contribution in [3.8, 4) is 11.4 Å². The Bertz CT molecular complexity index is 2050. The van der Waals surface area contributed by atoms with Crippen LogP contribution in [-0.4, -0.2) is 28.4 Å². The minimum atomic E-state index is -0.272. The van der Waals surface area contributed by atoms with Crippen LogP contribution in [0.5, 0.6) is 0 Å². The molecule has 184 valence electrons. The second-order valence-electron chi connectivity index (χ2n) is 10.0. The molecular weight excluding hydrogens is 478 g/mol. The third-order valence-electron chi connectivity index (χ3n) is 7.54. The highest BCUT2D eigenvalue weighted by Gasteiger charge is 2.21. The second-order valence-corrected chi connectivity index (χ2v) is 10.0. The molecule has 0 fully saturated rings. The molecule has 2 aliphatic heterocycles. The first-order valence-corrected chi connectivity index (χ1v) is 13.1. The van der Waals surface area contributed by atoms with Gasteiger partial charge in [0.15, 0.2) is 6.17 Å². The van der Waals surface area contributed by atoms with E-state index in [1.165, 1.54) is 26.8 Å². The fourth-order valence-corrected chi connectivity index (χ4v) is 5.55. The Morgan fingerprint density at radius 1 is 0.615 bits per heavy atom. The maximum absolute atomic E-state index is 5.10. The number of dihydropyridines is 1. The Morgan fingerprint density at radius 3 is 2.26 bits per heavy atom. The first kappa shape index (κ1) is 21.9. The predicted octanol–water partition coefficient (Wildman–Crippen LogP) is 5.12. The standard InChI is InChI=1S/C34H23N5/c1-3-7-23-17-30-25(15-21(23)5-1)9-11-28(37-30)32-19-27(34-35-13-14-36-34)20-33(39-32)29-12-10-26-16-22-6-2-4-8-24(22)18-31(26)38-29/h1-20,30,34,37H. The molecule has 0 saturated heterocycles. The molecular formula is C34H23N5. The highest BCUT2D eigenvalue weighted by molar-refractivity contribution is 6.17. The maximum Gasteiger partial charge on any atom is 0.165 e. The van der Waals surface area contributed by atoms with E-state index in [1.807, 2.05) is 0 Å². The number of benzene rings is 3. The van der Waals surface area contributed by atoms with E-state index in [0.29, 0.717) is 0 Å². The highest BCUT2D eigenvalue weighted by atomic mass is 15.0. The normalized spacial score (nSPS) is 17.6. The van der Waals surface area contributed by atoms with E-state index in [1.54, 1.807) is 12.4 Å². The van der Waals surface area contributed by atoms with Crippen LogP contribution in [0.3, 0.4) is 0 Å². The van der Waals surface area contributed by atoms with Crippen LogP contribution >= 0.6 is 0 Å². The van der Waals surface area contributed by atoms with Crippen LogP contribution in [0, 0.1) is 0 Å². The lowest BCUT2D eigenvalue weighted by molar-refractivity contribution is 0.796. The Balaban J connectivity index is 1.24. The average Bonchev–Trinajstić information content (AvgIpc) is 3.53. The van der Waals surface area contributed by atoms with Gasteiger partial charge in [0.25, 0.3) is 0 Å². The number of fused-ring (bicyclic) bond motifs is 4.